The fraction of sp³-hybridized carbons (Fsp3) is 0.400. The van der Waals surface area contributed by atoms with Gasteiger partial charge in [0, 0.05) is 0 Å². The van der Waals surface area contributed by atoms with Crippen LogP contribution in [0.1, 0.15) is 5.76 Å². The zero-order valence-corrected chi connectivity index (χ0v) is 6.16. The number of anilines is 1. The Morgan fingerprint density at radius 1 is 1.67 bits per heavy atom. The smallest absolute Gasteiger partial charge is 0.180 e. The number of rotatable bonds is 1. The maximum absolute atomic E-state index is 5.43. The van der Waals surface area contributed by atoms with Gasteiger partial charge in [0.1, 0.15) is 5.76 Å². The number of nitrogen functional groups attached to an aromatic ring is 1. The van der Waals surface area contributed by atoms with E-state index < -0.39 is 0 Å². The van der Waals surface area contributed by atoms with Crippen LogP contribution < -0.4 is 5.73 Å². The summed E-state index contributed by atoms with van der Waals surface area (Å²) in [6.45, 7) is 1.84. The Kier molecular flexibility index (Phi) is 1.66. The summed E-state index contributed by atoms with van der Waals surface area (Å²) >= 11 is 1.55. The second-order valence-electron chi connectivity index (χ2n) is 1.66. The first-order valence-corrected chi connectivity index (χ1v) is 3.74. The monoisotopic (exact) mass is 144 g/mol. The molecule has 3 nitrogen and oxygen atoms in total. The maximum atomic E-state index is 5.43. The van der Waals surface area contributed by atoms with E-state index in [1.807, 2.05) is 13.2 Å². The Morgan fingerprint density at radius 3 is 2.56 bits per heavy atom. The van der Waals surface area contributed by atoms with Gasteiger partial charge in [-0.3, -0.25) is 0 Å². The van der Waals surface area contributed by atoms with E-state index in [4.69, 9.17) is 10.3 Å². The molecule has 9 heavy (non-hydrogen) atoms. The van der Waals surface area contributed by atoms with Crippen molar-refractivity contribution in [3.05, 3.63) is 5.76 Å². The van der Waals surface area contributed by atoms with E-state index in [2.05, 4.69) is 5.16 Å². The van der Waals surface area contributed by atoms with Gasteiger partial charge in [-0.2, -0.15) is 0 Å². The first kappa shape index (κ1) is 6.48. The third-order valence-corrected chi connectivity index (χ3v) is 1.94. The Balaban J connectivity index is 3.07. The molecular weight excluding hydrogens is 136 g/mol. The van der Waals surface area contributed by atoms with Crippen LogP contribution in [0.4, 0.5) is 5.82 Å². The second-order valence-corrected chi connectivity index (χ2v) is 2.47. The van der Waals surface area contributed by atoms with Gasteiger partial charge in [0.25, 0.3) is 0 Å². The molecule has 0 fully saturated rings. The molecule has 1 aromatic heterocycles. The van der Waals surface area contributed by atoms with E-state index in [0.717, 1.165) is 10.7 Å². The lowest BCUT2D eigenvalue weighted by Gasteiger charge is -1.87. The second kappa shape index (κ2) is 2.31. The van der Waals surface area contributed by atoms with Crippen molar-refractivity contribution in [1.29, 1.82) is 0 Å². The molecule has 4 heteroatoms. The van der Waals surface area contributed by atoms with Gasteiger partial charge in [-0.15, -0.1) is 11.8 Å². The van der Waals surface area contributed by atoms with E-state index in [1.165, 1.54) is 0 Å². The van der Waals surface area contributed by atoms with Gasteiger partial charge in [0.05, 0.1) is 4.90 Å². The topological polar surface area (TPSA) is 52.0 Å². The lowest BCUT2D eigenvalue weighted by molar-refractivity contribution is 0.397. The van der Waals surface area contributed by atoms with E-state index in [1.54, 1.807) is 11.8 Å². The SMILES string of the molecule is CSc1c(N)noc1C. The van der Waals surface area contributed by atoms with Gasteiger partial charge in [0.2, 0.25) is 0 Å². The van der Waals surface area contributed by atoms with Crippen LogP contribution in [-0.2, 0) is 0 Å². The van der Waals surface area contributed by atoms with Crippen molar-refractivity contribution in [1.82, 2.24) is 5.16 Å². The van der Waals surface area contributed by atoms with E-state index >= 15 is 0 Å². The van der Waals surface area contributed by atoms with Crippen molar-refractivity contribution in [2.75, 3.05) is 12.0 Å². The highest BCUT2D eigenvalue weighted by molar-refractivity contribution is 7.98. The molecule has 0 aliphatic rings. The maximum Gasteiger partial charge on any atom is 0.180 e. The lowest BCUT2D eigenvalue weighted by atomic mass is 10.5. The minimum Gasteiger partial charge on any atom is -0.380 e. The van der Waals surface area contributed by atoms with Crippen LogP contribution in [0.5, 0.6) is 0 Å². The predicted octanol–water partition coefficient (Wildman–Crippen LogP) is 1.29. The van der Waals surface area contributed by atoms with Crippen LogP contribution in [0.25, 0.3) is 0 Å². The van der Waals surface area contributed by atoms with Gasteiger partial charge in [-0.05, 0) is 13.2 Å². The van der Waals surface area contributed by atoms with Crippen molar-refractivity contribution in [3.8, 4) is 0 Å². The molecule has 50 valence electrons. The Morgan fingerprint density at radius 2 is 2.33 bits per heavy atom. The molecule has 2 N–H and O–H groups in total. The molecule has 1 rings (SSSR count). The average Bonchev–Trinajstić information content (AvgIpc) is 2.12. The summed E-state index contributed by atoms with van der Waals surface area (Å²) in [5.74, 6) is 1.28. The quantitative estimate of drug-likeness (QED) is 0.603. The Hall–Kier alpha value is -0.640. The number of hydrogen-bond donors (Lipinski definition) is 1. The van der Waals surface area contributed by atoms with Gasteiger partial charge in [-0.1, -0.05) is 5.16 Å². The van der Waals surface area contributed by atoms with Crippen LogP contribution in [0.3, 0.4) is 0 Å². The summed E-state index contributed by atoms with van der Waals surface area (Å²) in [6.07, 6.45) is 1.94. The summed E-state index contributed by atoms with van der Waals surface area (Å²) < 4.78 is 4.79. The number of nitrogens with two attached hydrogens (primary N) is 1. The third-order valence-electron chi connectivity index (χ3n) is 1.04. The van der Waals surface area contributed by atoms with Gasteiger partial charge in [0.15, 0.2) is 5.82 Å². The normalized spacial score (nSPS) is 10.0. The summed E-state index contributed by atoms with van der Waals surface area (Å²) in [6, 6.07) is 0. The van der Waals surface area contributed by atoms with Crippen molar-refractivity contribution in [2.45, 2.75) is 11.8 Å². The molecule has 0 bridgehead atoms. The van der Waals surface area contributed by atoms with E-state index in [9.17, 15) is 0 Å². The summed E-state index contributed by atoms with van der Waals surface area (Å²) in [4.78, 5) is 0.940. The van der Waals surface area contributed by atoms with Crippen LogP contribution in [0.2, 0.25) is 0 Å². The van der Waals surface area contributed by atoms with Gasteiger partial charge >= 0.3 is 0 Å². The zero-order chi connectivity index (χ0) is 6.85. The molecule has 0 saturated carbocycles. The highest BCUT2D eigenvalue weighted by Gasteiger charge is 2.06. The Labute approximate surface area is 57.6 Å². The molecule has 0 unspecified atom stereocenters. The molecule has 0 saturated heterocycles. The van der Waals surface area contributed by atoms with Crippen LogP contribution in [0.15, 0.2) is 9.42 Å². The van der Waals surface area contributed by atoms with Crippen molar-refractivity contribution in [2.24, 2.45) is 0 Å². The fourth-order valence-corrected chi connectivity index (χ4v) is 1.20. The van der Waals surface area contributed by atoms with Gasteiger partial charge in [-0.25, -0.2) is 0 Å². The van der Waals surface area contributed by atoms with Crippen LogP contribution >= 0.6 is 11.8 Å². The number of thioether (sulfide) groups is 1. The highest BCUT2D eigenvalue weighted by atomic mass is 32.2. The van der Waals surface area contributed by atoms with Crippen molar-refractivity contribution < 1.29 is 4.52 Å². The van der Waals surface area contributed by atoms with E-state index in [-0.39, 0.29) is 0 Å². The molecule has 0 atom stereocenters. The molecule has 0 amide bonds. The van der Waals surface area contributed by atoms with Gasteiger partial charge < -0.3 is 10.3 Å². The molecule has 1 aromatic rings. The first-order valence-electron chi connectivity index (χ1n) is 2.51. The third kappa shape index (κ3) is 1.03. The number of aryl methyl sites for hydroxylation is 1. The van der Waals surface area contributed by atoms with Crippen molar-refractivity contribution in [3.63, 3.8) is 0 Å². The minimum absolute atomic E-state index is 0.486. The molecule has 0 aliphatic carbocycles. The summed E-state index contributed by atoms with van der Waals surface area (Å²) in [7, 11) is 0. The predicted molar refractivity (Wildman–Crippen MR) is 37.4 cm³/mol. The van der Waals surface area contributed by atoms with Crippen molar-refractivity contribution >= 4 is 17.6 Å². The summed E-state index contributed by atoms with van der Waals surface area (Å²) in [5.41, 5.74) is 5.43. The fourth-order valence-electron chi connectivity index (χ4n) is 0.629. The average molecular weight is 144 g/mol. The minimum atomic E-state index is 0.486. The molecule has 0 spiro atoms. The number of nitrogens with zero attached hydrogens (tertiary/aromatic N) is 1. The lowest BCUT2D eigenvalue weighted by Crippen LogP contribution is -1.84. The van der Waals surface area contributed by atoms with Crippen LogP contribution in [-0.4, -0.2) is 11.4 Å². The number of aromatic nitrogens is 1. The highest BCUT2D eigenvalue weighted by Crippen LogP contribution is 2.24. The molecule has 0 radical (unpaired) electrons. The Bertz CT molecular complexity index is 189. The van der Waals surface area contributed by atoms with Crippen LogP contribution in [0, 0.1) is 6.92 Å². The first-order chi connectivity index (χ1) is 4.25. The standard InChI is InChI=1S/C5H8N2OS/c1-3-4(9-2)5(6)7-8-3/h1-2H3,(H2,6,7). The zero-order valence-electron chi connectivity index (χ0n) is 5.34. The molecule has 0 aromatic carbocycles. The summed E-state index contributed by atoms with van der Waals surface area (Å²) in [5, 5.41) is 3.57. The molecular formula is C5H8N2OS. The molecule has 1 heterocycles. The largest absolute Gasteiger partial charge is 0.380 e. The van der Waals surface area contributed by atoms with E-state index in [0.29, 0.717) is 5.82 Å². The molecule has 0 aliphatic heterocycles. The number of hydrogen-bond acceptors (Lipinski definition) is 4.